The molecule has 0 radical (unpaired) electrons. The Morgan fingerprint density at radius 2 is 1.80 bits per heavy atom. The average Bonchev–Trinajstić information content (AvgIpc) is 2.27. The second-order valence-corrected chi connectivity index (χ2v) is 5.65. The van der Waals surface area contributed by atoms with E-state index in [1.807, 2.05) is 18.2 Å². The first-order valence-corrected chi connectivity index (χ1v) is 6.26. The van der Waals surface area contributed by atoms with Crippen LogP contribution in [0.2, 0.25) is 0 Å². The lowest BCUT2D eigenvalue weighted by Crippen LogP contribution is -2.50. The SMILES string of the molecule is C#C[Si](C#C)(OC(C)=O)c1ccccc1. The molecule has 0 heterocycles. The van der Waals surface area contributed by atoms with Crippen molar-refractivity contribution in [1.82, 2.24) is 0 Å². The lowest BCUT2D eigenvalue weighted by molar-refractivity contribution is -0.132. The van der Waals surface area contributed by atoms with Crippen LogP contribution in [0.3, 0.4) is 0 Å². The highest BCUT2D eigenvalue weighted by Gasteiger charge is 2.37. The zero-order chi connectivity index (χ0) is 11.3. The van der Waals surface area contributed by atoms with Gasteiger partial charge in [0, 0.05) is 12.1 Å². The van der Waals surface area contributed by atoms with Crippen molar-refractivity contribution in [2.24, 2.45) is 0 Å². The van der Waals surface area contributed by atoms with Crippen molar-refractivity contribution < 1.29 is 9.22 Å². The fourth-order valence-electron chi connectivity index (χ4n) is 1.21. The summed E-state index contributed by atoms with van der Waals surface area (Å²) >= 11 is 0. The maximum Gasteiger partial charge on any atom is 0.447 e. The molecular formula is C12H10O2Si. The Kier molecular flexibility index (Phi) is 3.33. The Labute approximate surface area is 90.4 Å². The summed E-state index contributed by atoms with van der Waals surface area (Å²) in [6.45, 7) is 1.30. The maximum absolute atomic E-state index is 11.0. The molecule has 0 N–H and O–H groups in total. The van der Waals surface area contributed by atoms with Crippen molar-refractivity contribution in [3.05, 3.63) is 30.3 Å². The van der Waals surface area contributed by atoms with Gasteiger partial charge in [0.15, 0.2) is 0 Å². The molecule has 0 amide bonds. The molecule has 2 nitrogen and oxygen atoms in total. The van der Waals surface area contributed by atoms with E-state index in [9.17, 15) is 4.79 Å². The van der Waals surface area contributed by atoms with Gasteiger partial charge in [-0.15, -0.1) is 12.8 Å². The number of hydrogen-bond acceptors (Lipinski definition) is 2. The van der Waals surface area contributed by atoms with Crippen LogP contribution < -0.4 is 5.19 Å². The van der Waals surface area contributed by atoms with Crippen LogP contribution in [0.15, 0.2) is 30.3 Å². The summed E-state index contributed by atoms with van der Waals surface area (Å²) in [6, 6.07) is 9.05. The van der Waals surface area contributed by atoms with Gasteiger partial charge in [-0.3, -0.25) is 4.79 Å². The molecule has 0 unspecified atom stereocenters. The average molecular weight is 214 g/mol. The molecule has 0 saturated carbocycles. The zero-order valence-electron chi connectivity index (χ0n) is 8.36. The number of rotatable bonds is 2. The van der Waals surface area contributed by atoms with E-state index in [1.54, 1.807) is 12.1 Å². The minimum absolute atomic E-state index is 0.443. The molecule has 0 aliphatic heterocycles. The molecule has 0 aromatic heterocycles. The highest BCUT2D eigenvalue weighted by molar-refractivity contribution is 7.00. The zero-order valence-corrected chi connectivity index (χ0v) is 9.36. The molecule has 74 valence electrons. The Morgan fingerprint density at radius 1 is 1.27 bits per heavy atom. The second-order valence-electron chi connectivity index (χ2n) is 2.93. The van der Waals surface area contributed by atoms with E-state index in [1.165, 1.54) is 6.92 Å². The monoisotopic (exact) mass is 214 g/mol. The minimum atomic E-state index is -2.98. The topological polar surface area (TPSA) is 26.3 Å². The van der Waals surface area contributed by atoms with Crippen LogP contribution in [0.5, 0.6) is 0 Å². The lowest BCUT2D eigenvalue weighted by Gasteiger charge is -2.18. The minimum Gasteiger partial charge on any atom is -0.493 e. The van der Waals surface area contributed by atoms with Crippen LogP contribution >= 0.6 is 0 Å². The quantitative estimate of drug-likeness (QED) is 0.536. The summed E-state index contributed by atoms with van der Waals surface area (Å²) in [6.07, 6.45) is 10.8. The van der Waals surface area contributed by atoms with Crippen molar-refractivity contribution in [1.29, 1.82) is 0 Å². The largest absolute Gasteiger partial charge is 0.493 e. The number of carbonyl (C=O) groups excluding carboxylic acids is 1. The van der Waals surface area contributed by atoms with Gasteiger partial charge in [0.25, 0.3) is 5.97 Å². The number of benzene rings is 1. The van der Waals surface area contributed by atoms with Gasteiger partial charge in [-0.05, 0) is 0 Å². The second kappa shape index (κ2) is 4.50. The van der Waals surface area contributed by atoms with Crippen molar-refractivity contribution in [3.8, 4) is 23.9 Å². The molecule has 0 fully saturated rings. The molecule has 15 heavy (non-hydrogen) atoms. The summed E-state index contributed by atoms with van der Waals surface area (Å²) in [4.78, 5) is 11.0. The summed E-state index contributed by atoms with van der Waals surface area (Å²) in [5, 5.41) is 0.741. The van der Waals surface area contributed by atoms with E-state index in [0.29, 0.717) is 0 Å². The van der Waals surface area contributed by atoms with Gasteiger partial charge in [0.2, 0.25) is 0 Å². The summed E-state index contributed by atoms with van der Waals surface area (Å²) in [5.74, 6) is -0.443. The lowest BCUT2D eigenvalue weighted by atomic mass is 10.4. The Balaban J connectivity index is 3.21. The normalized spacial score (nSPS) is 9.80. The molecule has 0 saturated heterocycles. The Morgan fingerprint density at radius 3 is 2.20 bits per heavy atom. The van der Waals surface area contributed by atoms with Gasteiger partial charge >= 0.3 is 8.32 Å². The predicted octanol–water partition coefficient (Wildman–Crippen LogP) is 0.747. The molecular weight excluding hydrogens is 204 g/mol. The Bertz CT molecular complexity index is 423. The van der Waals surface area contributed by atoms with Crippen LogP contribution in [0.1, 0.15) is 6.92 Å². The van der Waals surface area contributed by atoms with E-state index in [0.717, 1.165) is 5.19 Å². The first kappa shape index (κ1) is 11.1. The van der Waals surface area contributed by atoms with Crippen molar-refractivity contribution in [2.75, 3.05) is 0 Å². The molecule has 1 aromatic rings. The summed E-state index contributed by atoms with van der Waals surface area (Å²) < 4.78 is 5.15. The first-order chi connectivity index (χ1) is 7.14. The standard InChI is InChI=1S/C12H10O2Si/c1-4-15(5-2,14-11(3)13)12-9-7-6-8-10-12/h1-2,6-10H,3H3. The van der Waals surface area contributed by atoms with E-state index in [2.05, 4.69) is 11.1 Å². The number of terminal acetylenes is 2. The molecule has 3 heteroatoms. The van der Waals surface area contributed by atoms with Crippen LogP contribution in [-0.2, 0) is 9.22 Å². The third kappa shape index (κ3) is 2.28. The van der Waals surface area contributed by atoms with Crippen molar-refractivity contribution >= 4 is 19.5 Å². The predicted molar refractivity (Wildman–Crippen MR) is 61.3 cm³/mol. The molecule has 1 aromatic carbocycles. The molecule has 0 atom stereocenters. The first-order valence-electron chi connectivity index (χ1n) is 4.35. The smallest absolute Gasteiger partial charge is 0.447 e. The van der Waals surface area contributed by atoms with Gasteiger partial charge in [-0.2, -0.15) is 0 Å². The summed E-state index contributed by atoms with van der Waals surface area (Å²) in [5.41, 5.74) is 4.95. The van der Waals surface area contributed by atoms with Gasteiger partial charge in [-0.1, -0.05) is 41.4 Å². The van der Waals surface area contributed by atoms with Crippen LogP contribution in [0.4, 0.5) is 0 Å². The number of hydrogen-bond donors (Lipinski definition) is 0. The van der Waals surface area contributed by atoms with Crippen LogP contribution in [-0.4, -0.2) is 14.3 Å². The van der Waals surface area contributed by atoms with E-state index >= 15 is 0 Å². The highest BCUT2D eigenvalue weighted by Crippen LogP contribution is 2.04. The fraction of sp³-hybridized carbons (Fsp3) is 0.0833. The van der Waals surface area contributed by atoms with Gasteiger partial charge in [0.1, 0.15) is 0 Å². The molecule has 0 aliphatic rings. The summed E-state index contributed by atoms with van der Waals surface area (Å²) in [7, 11) is -2.98. The molecule has 1 rings (SSSR count). The van der Waals surface area contributed by atoms with Crippen molar-refractivity contribution in [3.63, 3.8) is 0 Å². The van der Waals surface area contributed by atoms with Gasteiger partial charge in [-0.25, -0.2) is 0 Å². The molecule has 0 aliphatic carbocycles. The van der Waals surface area contributed by atoms with Crippen LogP contribution in [0, 0.1) is 23.9 Å². The highest BCUT2D eigenvalue weighted by atomic mass is 28.4. The van der Waals surface area contributed by atoms with E-state index in [-0.39, 0.29) is 0 Å². The fourth-order valence-corrected chi connectivity index (χ4v) is 2.96. The maximum atomic E-state index is 11.0. The molecule has 0 spiro atoms. The van der Waals surface area contributed by atoms with E-state index < -0.39 is 14.3 Å². The number of carbonyl (C=O) groups is 1. The van der Waals surface area contributed by atoms with Gasteiger partial charge in [0.05, 0.1) is 0 Å². The Hall–Kier alpha value is -1.97. The van der Waals surface area contributed by atoms with Gasteiger partial charge < -0.3 is 4.43 Å². The van der Waals surface area contributed by atoms with Crippen molar-refractivity contribution in [2.45, 2.75) is 6.92 Å². The third-order valence-electron chi connectivity index (χ3n) is 1.88. The molecule has 0 bridgehead atoms. The van der Waals surface area contributed by atoms with E-state index in [4.69, 9.17) is 17.3 Å². The van der Waals surface area contributed by atoms with Crippen LogP contribution in [0.25, 0.3) is 0 Å². The third-order valence-corrected chi connectivity index (χ3v) is 4.44.